The Morgan fingerprint density at radius 3 is 1.06 bits per heavy atom. The van der Waals surface area contributed by atoms with Crippen LogP contribution in [0.2, 0.25) is 0 Å². The SMILES string of the molecule is CC(=O)N[C@@H]1[C@@H](O)[C@H](O[C@@H]2O[C@H](CO)[C@@H](O[C@@H]3O[C@H](CO[C@H]4O[C@H](CO)[C@@H](O)[C@H](O)[C@@H]4O[C@@H]4O[C@H](CO)[C@@H](O[C@@H]5O[C@H](CO)[C@H](O)[C@H](O)[C@H]5O[C@@H]5O[C@@H](C)[C@@H](O)[C@@H](O)[C@@H]5O)[C@H](O)[C@H]4NC(C)=O)[C@@H](O)[C@H](O[C@H]4O[C@H](CO)[C@@H](O)[C@H](O)[C@@H]4O)[C@@H]3O)[C@H](O)[C@H]2NC(C)=O)[C@@H](CO[C@@H]2O[C@@H](C)[C@@H](O)[C@@H](O)[C@@H]2O)O[C@H]1O. The fourth-order valence-electron chi connectivity index (χ4n) is 13.8. The highest BCUT2D eigenvalue weighted by atomic mass is 16.8. The zero-order chi connectivity index (χ0) is 78.8. The van der Waals surface area contributed by atoms with Crippen LogP contribution in [-0.2, 0) is 94.9 Å². The normalized spacial score (nSPS) is 50.7. The van der Waals surface area contributed by atoms with Crippen LogP contribution in [0.1, 0.15) is 34.6 Å². The molecule has 0 spiro atoms. The maximum atomic E-state index is 13.0. The summed E-state index contributed by atoms with van der Waals surface area (Å²) >= 11 is 0. The second-order valence-corrected chi connectivity index (χ2v) is 27.4. The minimum absolute atomic E-state index is 0.804. The number of hydrogen-bond acceptors (Lipinski definition) is 44. The zero-order valence-electron chi connectivity index (χ0n) is 57.8. The largest absolute Gasteiger partial charge is 0.394 e. The molecule has 9 fully saturated rings. The van der Waals surface area contributed by atoms with Crippen molar-refractivity contribution < 1.29 is 217 Å². The van der Waals surface area contributed by atoms with Crippen molar-refractivity contribution in [1.29, 1.82) is 0 Å². The lowest BCUT2D eigenvalue weighted by molar-refractivity contribution is -0.393. The van der Waals surface area contributed by atoms with Gasteiger partial charge in [0.1, 0.15) is 207 Å². The van der Waals surface area contributed by atoms with Gasteiger partial charge in [0.2, 0.25) is 17.7 Å². The fraction of sp³-hybridized carbons (Fsp3) is 0.950. The van der Waals surface area contributed by atoms with Crippen LogP contribution in [0.3, 0.4) is 0 Å². The Bertz CT molecular complexity index is 2810. The number of aliphatic hydroxyl groups is 24. The number of ether oxygens (including phenoxy) is 17. The highest BCUT2D eigenvalue weighted by molar-refractivity contribution is 5.74. The van der Waals surface area contributed by atoms with Crippen LogP contribution < -0.4 is 16.0 Å². The summed E-state index contributed by atoms with van der Waals surface area (Å²) < 4.78 is 100.0. The molecule has 0 saturated carbocycles. The van der Waals surface area contributed by atoms with Crippen molar-refractivity contribution in [2.75, 3.05) is 46.2 Å². The lowest BCUT2D eigenvalue weighted by Gasteiger charge is -2.50. The summed E-state index contributed by atoms with van der Waals surface area (Å²) in [5.41, 5.74) is 0. The van der Waals surface area contributed by atoms with Crippen molar-refractivity contribution in [3.63, 3.8) is 0 Å². The molecule has 0 aromatic heterocycles. The lowest BCUT2D eigenvalue weighted by atomic mass is 9.93. The standard InChI is InChI=1S/C60H101N3O44/c1-13-28(72)37(81)42(86)55(93-13)91-12-24-48(34(78)25(52(90)95-24)61-15(3)69)102-53-26(62-16(4)70)35(79)46(21(9-67)99-53)103-58-45(89)49(105-57-44(88)39(83)30(74)18(6-64)96-57)33(77)23(101-58)11-92-59-50(40(84)31(75)19(7-65)97-59)106-54-27(63-17(5)71)36(80)47(22(10-68)100-54)104-60-51(41(85)32(76)20(8-66)98-60)107-56-43(87)38(82)29(73)14(2)94-56/h13-14,18-60,64-68,72-90H,6-12H2,1-5H3,(H,61,69)(H,62,70)(H,63,71)/t13-,14-,18+,19+,20+,21+,22+,23+,24+,25+,26+,27+,28+,29+,30+,31+,32-,33+,34+,35+,36+,37+,38+,39-,40-,41-,42-,43-,44-,45-,46+,47+,48+,49-,50-,51+,52+,53-,54-,55+,56-,57+,58-,59-,60-/m0/s1. The molecule has 0 aromatic carbocycles. The van der Waals surface area contributed by atoms with E-state index in [4.69, 9.17) is 80.5 Å². The molecular weight excluding hydrogens is 1470 g/mol. The lowest BCUT2D eigenvalue weighted by Crippen LogP contribution is -2.70. The van der Waals surface area contributed by atoms with Gasteiger partial charge in [-0.15, -0.1) is 0 Å². The predicted octanol–water partition coefficient (Wildman–Crippen LogP) is -18.1. The van der Waals surface area contributed by atoms with Crippen molar-refractivity contribution in [2.45, 2.75) is 311 Å². The molecule has 9 aliphatic heterocycles. The third kappa shape index (κ3) is 19.3. The Hall–Kier alpha value is -3.23. The highest BCUT2D eigenvalue weighted by Crippen LogP contribution is 2.39. The minimum atomic E-state index is -2.42. The van der Waals surface area contributed by atoms with Crippen LogP contribution >= 0.6 is 0 Å². The Balaban J connectivity index is 0.981. The van der Waals surface area contributed by atoms with E-state index in [9.17, 15) is 137 Å². The number of amides is 3. The molecule has 47 nitrogen and oxygen atoms in total. The van der Waals surface area contributed by atoms with E-state index < -0.39 is 340 Å². The molecule has 47 heteroatoms. The summed E-state index contributed by atoms with van der Waals surface area (Å²) in [6, 6.07) is -5.55. The van der Waals surface area contributed by atoms with E-state index in [1.165, 1.54) is 13.8 Å². The fourth-order valence-corrected chi connectivity index (χ4v) is 13.8. The summed E-state index contributed by atoms with van der Waals surface area (Å²) in [6.07, 6.45) is -82.8. The highest BCUT2D eigenvalue weighted by Gasteiger charge is 2.60. The summed E-state index contributed by atoms with van der Waals surface area (Å²) in [5, 5.41) is 272. The van der Waals surface area contributed by atoms with E-state index >= 15 is 0 Å². The Morgan fingerprint density at radius 1 is 0.262 bits per heavy atom. The monoisotopic (exact) mass is 1570 g/mol. The van der Waals surface area contributed by atoms with Gasteiger partial charge in [-0.3, -0.25) is 14.4 Å². The molecular formula is C60H101N3O44. The molecule has 3 amide bonds. The third-order valence-electron chi connectivity index (χ3n) is 19.9. The van der Waals surface area contributed by atoms with Gasteiger partial charge in [0.25, 0.3) is 0 Å². The van der Waals surface area contributed by atoms with Crippen LogP contribution in [0.5, 0.6) is 0 Å². The average molecular weight is 1570 g/mol. The first-order valence-corrected chi connectivity index (χ1v) is 34.3. The molecule has 9 heterocycles. The first kappa shape index (κ1) is 87.7. The minimum Gasteiger partial charge on any atom is -0.394 e. The molecule has 0 radical (unpaired) electrons. The summed E-state index contributed by atoms with van der Waals surface area (Å²) in [4.78, 5) is 38.3. The smallest absolute Gasteiger partial charge is 0.217 e. The molecule has 27 N–H and O–H groups in total. The molecule has 107 heavy (non-hydrogen) atoms. The van der Waals surface area contributed by atoms with Crippen molar-refractivity contribution in [1.82, 2.24) is 16.0 Å². The quantitative estimate of drug-likeness (QED) is 0.0382. The average Bonchev–Trinajstić information content (AvgIpc) is 0.767. The predicted molar refractivity (Wildman–Crippen MR) is 329 cm³/mol. The number of carbonyl (C=O) groups is 3. The zero-order valence-corrected chi connectivity index (χ0v) is 57.8. The van der Waals surface area contributed by atoms with Crippen LogP contribution in [0, 0.1) is 0 Å². The first-order valence-electron chi connectivity index (χ1n) is 34.3. The number of rotatable bonds is 26. The number of aliphatic hydroxyl groups excluding tert-OH is 24. The molecule has 620 valence electrons. The molecule has 9 aliphatic rings. The molecule has 0 aliphatic carbocycles. The van der Waals surface area contributed by atoms with Crippen molar-refractivity contribution in [2.24, 2.45) is 0 Å². The summed E-state index contributed by atoms with van der Waals surface area (Å²) in [7, 11) is 0. The van der Waals surface area contributed by atoms with Gasteiger partial charge in [-0.2, -0.15) is 0 Å². The van der Waals surface area contributed by atoms with E-state index in [1.54, 1.807) is 0 Å². The van der Waals surface area contributed by atoms with E-state index in [0.717, 1.165) is 20.8 Å². The van der Waals surface area contributed by atoms with Gasteiger partial charge in [-0.05, 0) is 13.8 Å². The van der Waals surface area contributed by atoms with Crippen LogP contribution in [0.15, 0.2) is 0 Å². The van der Waals surface area contributed by atoms with Gasteiger partial charge < -0.3 is 219 Å². The first-order chi connectivity index (χ1) is 50.5. The van der Waals surface area contributed by atoms with Gasteiger partial charge in [0, 0.05) is 20.8 Å². The van der Waals surface area contributed by atoms with Crippen molar-refractivity contribution in [3.8, 4) is 0 Å². The van der Waals surface area contributed by atoms with Gasteiger partial charge in [0.15, 0.2) is 56.6 Å². The van der Waals surface area contributed by atoms with E-state index in [-0.39, 0.29) is 0 Å². The van der Waals surface area contributed by atoms with E-state index in [1.807, 2.05) is 0 Å². The van der Waals surface area contributed by atoms with Crippen LogP contribution in [0.4, 0.5) is 0 Å². The molecule has 45 atom stereocenters. The third-order valence-corrected chi connectivity index (χ3v) is 19.9. The molecule has 0 unspecified atom stereocenters. The Labute approximate surface area is 606 Å². The van der Waals surface area contributed by atoms with E-state index in [0.29, 0.717) is 0 Å². The van der Waals surface area contributed by atoms with Gasteiger partial charge in [-0.25, -0.2) is 0 Å². The summed E-state index contributed by atoms with van der Waals surface area (Å²) in [5.74, 6) is -2.68. The van der Waals surface area contributed by atoms with Gasteiger partial charge in [-0.1, -0.05) is 0 Å². The molecule has 9 saturated heterocycles. The molecule has 0 bridgehead atoms. The number of nitrogens with one attached hydrogen (secondary N) is 3. The summed E-state index contributed by atoms with van der Waals surface area (Å²) in [6.45, 7) is -1.82. The maximum Gasteiger partial charge on any atom is 0.217 e. The van der Waals surface area contributed by atoms with E-state index in [2.05, 4.69) is 16.0 Å². The maximum absolute atomic E-state index is 13.0. The van der Waals surface area contributed by atoms with Crippen molar-refractivity contribution in [3.05, 3.63) is 0 Å². The second-order valence-electron chi connectivity index (χ2n) is 27.4. The van der Waals surface area contributed by atoms with Gasteiger partial charge in [0.05, 0.1) is 58.5 Å². The molecule has 0 aromatic rings. The Kier molecular flexibility index (Phi) is 31.0. The second kappa shape index (κ2) is 37.8. The molecule has 9 rings (SSSR count). The number of hydrogen-bond donors (Lipinski definition) is 27. The van der Waals surface area contributed by atoms with Crippen LogP contribution in [0.25, 0.3) is 0 Å². The number of carbonyl (C=O) groups excluding carboxylic acids is 3. The van der Waals surface area contributed by atoms with Gasteiger partial charge >= 0.3 is 0 Å². The Morgan fingerprint density at radius 2 is 0.570 bits per heavy atom. The topological polar surface area (TPSA) is 730 Å². The van der Waals surface area contributed by atoms with Crippen molar-refractivity contribution >= 4 is 17.7 Å². The van der Waals surface area contributed by atoms with Crippen LogP contribution in [-0.4, -0.2) is 463 Å².